The van der Waals surface area contributed by atoms with Crippen molar-refractivity contribution in [1.29, 1.82) is 0 Å². The maximum absolute atomic E-state index is 11.9. The van der Waals surface area contributed by atoms with Gasteiger partial charge in [0.15, 0.2) is 18.1 Å². The van der Waals surface area contributed by atoms with Gasteiger partial charge in [-0.2, -0.15) is 0 Å². The van der Waals surface area contributed by atoms with Crippen molar-refractivity contribution in [2.24, 2.45) is 0 Å². The van der Waals surface area contributed by atoms with Gasteiger partial charge in [0.05, 0.1) is 10.5 Å². The summed E-state index contributed by atoms with van der Waals surface area (Å²) in [7, 11) is 0. The van der Waals surface area contributed by atoms with Crippen LogP contribution in [0.2, 0.25) is 0 Å². The Hall–Kier alpha value is -3.82. The molecule has 0 aliphatic carbocycles. The molecule has 1 aliphatic heterocycles. The molecule has 10 heteroatoms. The number of rotatable bonds is 6. The molecule has 3 N–H and O–H groups in total. The van der Waals surface area contributed by atoms with Crippen LogP contribution in [0.5, 0.6) is 11.5 Å². The van der Waals surface area contributed by atoms with E-state index in [4.69, 9.17) is 19.9 Å². The van der Waals surface area contributed by atoms with Gasteiger partial charge in [0.2, 0.25) is 6.79 Å². The highest BCUT2D eigenvalue weighted by atomic mass is 16.7. The van der Waals surface area contributed by atoms with Gasteiger partial charge in [-0.15, -0.1) is 0 Å². The number of esters is 1. The molecule has 27 heavy (non-hydrogen) atoms. The number of nitro benzene ring substituents is 1. The monoisotopic (exact) mass is 373 g/mol. The second-order valence-corrected chi connectivity index (χ2v) is 5.57. The van der Waals surface area contributed by atoms with E-state index >= 15 is 0 Å². The highest BCUT2D eigenvalue weighted by molar-refractivity contribution is 5.92. The van der Waals surface area contributed by atoms with Crippen LogP contribution in [-0.2, 0) is 16.1 Å². The lowest BCUT2D eigenvalue weighted by Gasteiger charge is -2.08. The molecule has 0 unspecified atom stereocenters. The SMILES string of the molecule is Nc1ccc(C(=O)OCC(=O)NCc2ccc3c(c2)OCO3)cc1[N+](=O)[O-]. The fraction of sp³-hybridized carbons (Fsp3) is 0.176. The summed E-state index contributed by atoms with van der Waals surface area (Å²) in [6, 6.07) is 8.76. The predicted molar refractivity (Wildman–Crippen MR) is 92.2 cm³/mol. The zero-order valence-corrected chi connectivity index (χ0v) is 14.0. The second-order valence-electron chi connectivity index (χ2n) is 5.57. The van der Waals surface area contributed by atoms with E-state index in [0.717, 1.165) is 11.6 Å². The van der Waals surface area contributed by atoms with Crippen molar-refractivity contribution in [3.05, 3.63) is 57.6 Å². The topological polar surface area (TPSA) is 143 Å². The molecule has 0 fully saturated rings. The lowest BCUT2D eigenvalue weighted by molar-refractivity contribution is -0.383. The zero-order chi connectivity index (χ0) is 19.4. The van der Waals surface area contributed by atoms with Gasteiger partial charge in [-0.3, -0.25) is 14.9 Å². The fourth-order valence-electron chi connectivity index (χ4n) is 2.35. The van der Waals surface area contributed by atoms with Crippen molar-refractivity contribution >= 4 is 23.3 Å². The van der Waals surface area contributed by atoms with Crippen LogP contribution in [0.15, 0.2) is 36.4 Å². The fourth-order valence-corrected chi connectivity index (χ4v) is 2.35. The lowest BCUT2D eigenvalue weighted by atomic mass is 10.2. The number of nitro groups is 1. The molecule has 0 atom stereocenters. The van der Waals surface area contributed by atoms with Crippen LogP contribution in [0.25, 0.3) is 0 Å². The third-order valence-corrected chi connectivity index (χ3v) is 3.72. The van der Waals surface area contributed by atoms with Gasteiger partial charge in [-0.25, -0.2) is 4.79 Å². The van der Waals surface area contributed by atoms with Crippen LogP contribution < -0.4 is 20.5 Å². The lowest BCUT2D eigenvalue weighted by Crippen LogP contribution is -2.28. The first kappa shape index (κ1) is 18.0. The molecule has 2 aromatic carbocycles. The van der Waals surface area contributed by atoms with Gasteiger partial charge in [0.1, 0.15) is 5.69 Å². The van der Waals surface area contributed by atoms with Crippen LogP contribution >= 0.6 is 0 Å². The smallest absolute Gasteiger partial charge is 0.338 e. The minimum Gasteiger partial charge on any atom is -0.454 e. The van der Waals surface area contributed by atoms with Gasteiger partial charge in [0.25, 0.3) is 11.6 Å². The average Bonchev–Trinajstić information content (AvgIpc) is 3.12. The van der Waals surface area contributed by atoms with Crippen LogP contribution in [0, 0.1) is 10.1 Å². The number of ether oxygens (including phenoxy) is 3. The molecular formula is C17H15N3O7. The Morgan fingerprint density at radius 2 is 1.96 bits per heavy atom. The van der Waals surface area contributed by atoms with Gasteiger partial charge in [0, 0.05) is 12.6 Å². The van der Waals surface area contributed by atoms with E-state index in [1.54, 1.807) is 18.2 Å². The quantitative estimate of drug-likeness (QED) is 0.334. The molecule has 0 saturated heterocycles. The molecule has 0 spiro atoms. The molecule has 1 amide bonds. The van der Waals surface area contributed by atoms with Crippen LogP contribution in [0.4, 0.5) is 11.4 Å². The van der Waals surface area contributed by atoms with Gasteiger partial charge in [-0.1, -0.05) is 6.07 Å². The second kappa shape index (κ2) is 7.60. The van der Waals surface area contributed by atoms with E-state index in [9.17, 15) is 19.7 Å². The molecule has 0 aromatic heterocycles. The summed E-state index contributed by atoms with van der Waals surface area (Å²) in [5.74, 6) is -0.156. The number of carbonyl (C=O) groups is 2. The van der Waals surface area contributed by atoms with Crippen molar-refractivity contribution in [1.82, 2.24) is 5.32 Å². The van der Waals surface area contributed by atoms with E-state index in [-0.39, 0.29) is 24.6 Å². The highest BCUT2D eigenvalue weighted by Crippen LogP contribution is 2.32. The molecule has 0 saturated carbocycles. The Kier molecular flexibility index (Phi) is 5.06. The first-order valence-corrected chi connectivity index (χ1v) is 7.80. The maximum Gasteiger partial charge on any atom is 0.338 e. The number of fused-ring (bicyclic) bond motifs is 1. The van der Waals surface area contributed by atoms with Gasteiger partial charge < -0.3 is 25.3 Å². The molecule has 0 bridgehead atoms. The Morgan fingerprint density at radius 3 is 2.74 bits per heavy atom. The van der Waals surface area contributed by atoms with E-state index in [1.165, 1.54) is 12.1 Å². The molecule has 140 valence electrons. The number of nitrogens with two attached hydrogens (primary N) is 1. The number of carbonyl (C=O) groups excluding carboxylic acids is 2. The molecule has 3 rings (SSSR count). The third-order valence-electron chi connectivity index (χ3n) is 3.72. The predicted octanol–water partition coefficient (Wildman–Crippen LogP) is 1.38. The maximum atomic E-state index is 11.9. The molecule has 0 radical (unpaired) electrons. The molecule has 2 aromatic rings. The Labute approximate surface area is 153 Å². The zero-order valence-electron chi connectivity index (χ0n) is 14.0. The third kappa shape index (κ3) is 4.24. The number of nitrogens with zero attached hydrogens (tertiary/aromatic N) is 1. The number of hydrogen-bond acceptors (Lipinski definition) is 8. The minimum atomic E-state index is -0.865. The molecule has 1 heterocycles. The number of nitrogens with one attached hydrogen (secondary N) is 1. The van der Waals surface area contributed by atoms with Gasteiger partial charge >= 0.3 is 5.97 Å². The van der Waals surface area contributed by atoms with Crippen molar-refractivity contribution in [2.45, 2.75) is 6.54 Å². The number of anilines is 1. The normalized spacial score (nSPS) is 11.7. The summed E-state index contributed by atoms with van der Waals surface area (Å²) >= 11 is 0. The molecule has 1 aliphatic rings. The Morgan fingerprint density at radius 1 is 1.19 bits per heavy atom. The van der Waals surface area contributed by atoms with E-state index in [2.05, 4.69) is 5.32 Å². The summed E-state index contributed by atoms with van der Waals surface area (Å²) in [4.78, 5) is 33.9. The molecular weight excluding hydrogens is 358 g/mol. The largest absolute Gasteiger partial charge is 0.454 e. The summed E-state index contributed by atoms with van der Waals surface area (Å²) in [6.07, 6.45) is 0. The Bertz CT molecular complexity index is 913. The average molecular weight is 373 g/mol. The summed E-state index contributed by atoms with van der Waals surface area (Å²) < 4.78 is 15.3. The summed E-state index contributed by atoms with van der Waals surface area (Å²) in [6.45, 7) is -0.160. The standard InChI is InChI=1S/C17H15N3O7/c18-12-3-2-11(6-13(12)20(23)24)17(22)25-8-16(21)19-7-10-1-4-14-15(5-10)27-9-26-14/h1-6H,7-9,18H2,(H,19,21). The number of hydrogen-bond donors (Lipinski definition) is 2. The van der Waals surface area contributed by atoms with Crippen molar-refractivity contribution in [2.75, 3.05) is 19.1 Å². The first-order chi connectivity index (χ1) is 12.9. The van der Waals surface area contributed by atoms with E-state index in [1.807, 2.05) is 0 Å². The summed E-state index contributed by atoms with van der Waals surface area (Å²) in [5, 5.41) is 13.4. The number of nitrogen functional groups attached to an aromatic ring is 1. The minimum absolute atomic E-state index is 0.0699. The first-order valence-electron chi connectivity index (χ1n) is 7.80. The van der Waals surface area contributed by atoms with E-state index in [0.29, 0.717) is 11.5 Å². The van der Waals surface area contributed by atoms with Gasteiger partial charge in [-0.05, 0) is 29.8 Å². The van der Waals surface area contributed by atoms with Crippen LogP contribution in [0.3, 0.4) is 0 Å². The van der Waals surface area contributed by atoms with E-state index < -0.39 is 29.1 Å². The summed E-state index contributed by atoms with van der Waals surface area (Å²) in [5.41, 5.74) is 5.70. The van der Waals surface area contributed by atoms with Crippen molar-refractivity contribution < 1.29 is 28.7 Å². The Balaban J connectivity index is 1.51. The van der Waals surface area contributed by atoms with Crippen LogP contribution in [-0.4, -0.2) is 30.2 Å². The number of amides is 1. The highest BCUT2D eigenvalue weighted by Gasteiger charge is 2.18. The number of benzene rings is 2. The molecule has 10 nitrogen and oxygen atoms in total. The van der Waals surface area contributed by atoms with Crippen LogP contribution in [0.1, 0.15) is 15.9 Å². The van der Waals surface area contributed by atoms with Crippen molar-refractivity contribution in [3.8, 4) is 11.5 Å². The van der Waals surface area contributed by atoms with Crippen molar-refractivity contribution in [3.63, 3.8) is 0 Å².